The number of carbonyl (C=O) groups excluding carboxylic acids is 1. The molecular weight excluding hydrogens is 264 g/mol. The molecule has 2 aliphatic rings. The largest absolute Gasteiger partial charge is 0.465 e. The van der Waals surface area contributed by atoms with Gasteiger partial charge in [-0.2, -0.15) is 5.26 Å². The first kappa shape index (κ1) is 14.1. The van der Waals surface area contributed by atoms with Crippen molar-refractivity contribution in [2.24, 2.45) is 5.41 Å². The maximum absolute atomic E-state index is 12.6. The molecule has 1 aromatic rings. The Morgan fingerprint density at radius 2 is 2.24 bits per heavy atom. The van der Waals surface area contributed by atoms with E-state index in [0.717, 1.165) is 31.5 Å². The van der Waals surface area contributed by atoms with Crippen molar-refractivity contribution in [2.45, 2.75) is 38.8 Å². The molecule has 0 aromatic heterocycles. The topological polar surface area (TPSA) is 53.3 Å². The minimum atomic E-state index is -1.07. The third kappa shape index (κ3) is 2.22. The minimum Gasteiger partial charge on any atom is -0.465 e. The monoisotopic (exact) mass is 284 g/mol. The molecule has 0 saturated carbocycles. The van der Waals surface area contributed by atoms with Crippen LogP contribution in [0.3, 0.4) is 0 Å². The van der Waals surface area contributed by atoms with Gasteiger partial charge < -0.3 is 4.74 Å². The standard InChI is InChI=1S/C17H20N2O2/c1-2-21-16(20)17(12-18)10-13-6-3-4-7-14(13)11-19-9-5-8-15(17)19/h3-4,6-7,15H,2,5,8-11H2,1H3. The first-order valence-electron chi connectivity index (χ1n) is 7.60. The summed E-state index contributed by atoms with van der Waals surface area (Å²) in [5.41, 5.74) is 1.26. The van der Waals surface area contributed by atoms with Crippen LogP contribution in [0.2, 0.25) is 0 Å². The molecule has 2 aliphatic heterocycles. The second kappa shape index (κ2) is 5.50. The van der Waals surface area contributed by atoms with E-state index in [9.17, 15) is 10.1 Å². The summed E-state index contributed by atoms with van der Waals surface area (Å²) in [6, 6.07) is 10.4. The maximum Gasteiger partial charge on any atom is 0.328 e. The Morgan fingerprint density at radius 3 is 2.95 bits per heavy atom. The van der Waals surface area contributed by atoms with Crippen molar-refractivity contribution in [3.63, 3.8) is 0 Å². The first-order chi connectivity index (χ1) is 10.2. The fourth-order valence-corrected chi connectivity index (χ4v) is 3.72. The Balaban J connectivity index is 2.08. The molecule has 110 valence electrons. The number of ether oxygens (including phenoxy) is 1. The average Bonchev–Trinajstić information content (AvgIpc) is 2.90. The van der Waals surface area contributed by atoms with E-state index in [2.05, 4.69) is 17.0 Å². The molecule has 2 unspecified atom stereocenters. The number of fused-ring (bicyclic) bond motifs is 2. The van der Waals surface area contributed by atoms with Crippen LogP contribution in [0.1, 0.15) is 30.9 Å². The van der Waals surface area contributed by atoms with E-state index in [1.165, 1.54) is 5.56 Å². The Hall–Kier alpha value is -1.86. The van der Waals surface area contributed by atoms with Gasteiger partial charge in [-0.15, -0.1) is 0 Å². The molecular formula is C17H20N2O2. The summed E-state index contributed by atoms with van der Waals surface area (Å²) in [4.78, 5) is 14.9. The van der Waals surface area contributed by atoms with Crippen LogP contribution >= 0.6 is 0 Å². The lowest BCUT2D eigenvalue weighted by Gasteiger charge is -2.33. The van der Waals surface area contributed by atoms with Gasteiger partial charge in [-0.25, -0.2) is 0 Å². The molecule has 1 aromatic carbocycles. The SMILES string of the molecule is CCOC(=O)C1(C#N)Cc2ccccc2CN2CCCC21. The van der Waals surface area contributed by atoms with Crippen LogP contribution in [0, 0.1) is 16.7 Å². The molecule has 0 spiro atoms. The lowest BCUT2D eigenvalue weighted by Crippen LogP contribution is -2.49. The second-order valence-electron chi connectivity index (χ2n) is 5.88. The summed E-state index contributed by atoms with van der Waals surface area (Å²) in [5, 5.41) is 9.86. The molecule has 0 N–H and O–H groups in total. The van der Waals surface area contributed by atoms with Gasteiger partial charge in [0.2, 0.25) is 0 Å². The highest BCUT2D eigenvalue weighted by Crippen LogP contribution is 2.41. The van der Waals surface area contributed by atoms with Gasteiger partial charge in [0.15, 0.2) is 5.41 Å². The molecule has 2 heterocycles. The predicted octanol–water partition coefficient (Wildman–Crippen LogP) is 2.28. The van der Waals surface area contributed by atoms with Gasteiger partial charge in [-0.3, -0.25) is 9.69 Å². The molecule has 0 aliphatic carbocycles. The molecule has 3 rings (SSSR count). The van der Waals surface area contributed by atoms with Gasteiger partial charge in [0.1, 0.15) is 0 Å². The number of rotatable bonds is 2. The van der Waals surface area contributed by atoms with Crippen molar-refractivity contribution < 1.29 is 9.53 Å². The molecule has 4 nitrogen and oxygen atoms in total. The van der Waals surface area contributed by atoms with E-state index in [4.69, 9.17) is 4.74 Å². The average molecular weight is 284 g/mol. The van der Waals surface area contributed by atoms with Crippen molar-refractivity contribution in [3.8, 4) is 6.07 Å². The van der Waals surface area contributed by atoms with Gasteiger partial charge >= 0.3 is 5.97 Å². The van der Waals surface area contributed by atoms with E-state index in [0.29, 0.717) is 13.0 Å². The zero-order valence-electron chi connectivity index (χ0n) is 12.3. The quantitative estimate of drug-likeness (QED) is 0.782. The molecule has 0 bridgehead atoms. The van der Waals surface area contributed by atoms with Crippen LogP contribution in [0.5, 0.6) is 0 Å². The summed E-state index contributed by atoms with van der Waals surface area (Å²) < 4.78 is 5.27. The lowest BCUT2D eigenvalue weighted by atomic mass is 9.75. The Bertz CT molecular complexity index is 593. The third-order valence-electron chi connectivity index (χ3n) is 4.73. The summed E-state index contributed by atoms with van der Waals surface area (Å²) in [6.45, 7) is 3.88. The highest BCUT2D eigenvalue weighted by atomic mass is 16.5. The Morgan fingerprint density at radius 1 is 1.48 bits per heavy atom. The normalized spacial score (nSPS) is 28.1. The molecule has 4 heteroatoms. The molecule has 0 radical (unpaired) electrons. The molecule has 1 fully saturated rings. The molecule has 1 saturated heterocycles. The van der Waals surface area contributed by atoms with Crippen molar-refractivity contribution in [1.29, 1.82) is 5.26 Å². The van der Waals surface area contributed by atoms with Crippen LogP contribution < -0.4 is 0 Å². The van der Waals surface area contributed by atoms with Gasteiger partial charge in [-0.1, -0.05) is 24.3 Å². The predicted molar refractivity (Wildman–Crippen MR) is 78.3 cm³/mol. The van der Waals surface area contributed by atoms with E-state index >= 15 is 0 Å². The summed E-state index contributed by atoms with van der Waals surface area (Å²) >= 11 is 0. The molecule has 21 heavy (non-hydrogen) atoms. The van der Waals surface area contributed by atoms with Gasteiger partial charge in [0.05, 0.1) is 12.7 Å². The van der Waals surface area contributed by atoms with Crippen LogP contribution in [-0.2, 0) is 22.5 Å². The molecule has 2 atom stereocenters. The van der Waals surface area contributed by atoms with Crippen LogP contribution in [0.4, 0.5) is 0 Å². The van der Waals surface area contributed by atoms with Crippen molar-refractivity contribution in [3.05, 3.63) is 35.4 Å². The second-order valence-corrected chi connectivity index (χ2v) is 5.88. The number of nitrogens with zero attached hydrogens (tertiary/aromatic N) is 2. The van der Waals surface area contributed by atoms with Gasteiger partial charge in [0, 0.05) is 19.0 Å². The summed E-state index contributed by atoms with van der Waals surface area (Å²) in [6.07, 6.45) is 2.38. The summed E-state index contributed by atoms with van der Waals surface area (Å²) in [7, 11) is 0. The number of nitriles is 1. The Labute approximate surface area is 125 Å². The zero-order chi connectivity index (χ0) is 14.9. The fourth-order valence-electron chi connectivity index (χ4n) is 3.72. The molecule has 0 amide bonds. The van der Waals surface area contributed by atoms with E-state index in [1.807, 2.05) is 18.2 Å². The van der Waals surface area contributed by atoms with Gasteiger partial charge in [-0.05, 0) is 37.4 Å². The maximum atomic E-state index is 12.6. The number of hydrogen-bond donors (Lipinski definition) is 0. The van der Waals surface area contributed by atoms with Crippen molar-refractivity contribution >= 4 is 5.97 Å². The number of esters is 1. The number of carbonyl (C=O) groups is 1. The fraction of sp³-hybridized carbons (Fsp3) is 0.529. The third-order valence-corrected chi connectivity index (χ3v) is 4.73. The zero-order valence-corrected chi connectivity index (χ0v) is 12.3. The van der Waals surface area contributed by atoms with Crippen molar-refractivity contribution in [2.75, 3.05) is 13.2 Å². The highest BCUT2D eigenvalue weighted by Gasteiger charge is 2.53. The van der Waals surface area contributed by atoms with Crippen LogP contribution in [0.15, 0.2) is 24.3 Å². The number of hydrogen-bond acceptors (Lipinski definition) is 4. The highest BCUT2D eigenvalue weighted by molar-refractivity contribution is 5.82. The summed E-state index contributed by atoms with van der Waals surface area (Å²) in [5.74, 6) is -0.360. The van der Waals surface area contributed by atoms with Gasteiger partial charge in [0.25, 0.3) is 0 Å². The number of benzene rings is 1. The van der Waals surface area contributed by atoms with E-state index in [1.54, 1.807) is 6.92 Å². The van der Waals surface area contributed by atoms with Crippen molar-refractivity contribution in [1.82, 2.24) is 4.90 Å². The lowest BCUT2D eigenvalue weighted by molar-refractivity contribution is -0.155. The van der Waals surface area contributed by atoms with E-state index in [-0.39, 0.29) is 12.0 Å². The van der Waals surface area contributed by atoms with Crippen LogP contribution in [-0.4, -0.2) is 30.1 Å². The Kier molecular flexibility index (Phi) is 3.69. The van der Waals surface area contributed by atoms with Crippen LogP contribution in [0.25, 0.3) is 0 Å². The first-order valence-corrected chi connectivity index (χ1v) is 7.60. The smallest absolute Gasteiger partial charge is 0.328 e. The minimum absolute atomic E-state index is 0.0334. The van der Waals surface area contributed by atoms with E-state index < -0.39 is 5.41 Å².